The predicted molar refractivity (Wildman–Crippen MR) is 95.2 cm³/mol. The molecule has 10 heteroatoms. The maximum absolute atomic E-state index is 12.8. The van der Waals surface area contributed by atoms with Crippen LogP contribution in [0.1, 0.15) is 20.8 Å². The van der Waals surface area contributed by atoms with Crippen LogP contribution in [-0.2, 0) is 24.4 Å². The molecule has 0 spiro atoms. The highest BCUT2D eigenvalue weighted by Gasteiger charge is 2.32. The van der Waals surface area contributed by atoms with Gasteiger partial charge in [0, 0.05) is 39.7 Å². The number of carboxylic acids is 1. The van der Waals surface area contributed by atoms with E-state index in [1.165, 1.54) is 49.9 Å². The fourth-order valence-corrected chi connectivity index (χ4v) is 3.74. The van der Waals surface area contributed by atoms with Crippen molar-refractivity contribution in [2.45, 2.75) is 31.7 Å². The highest BCUT2D eigenvalue weighted by atomic mass is 32.2. The zero-order valence-corrected chi connectivity index (χ0v) is 15.9. The van der Waals surface area contributed by atoms with E-state index in [-0.39, 0.29) is 29.8 Å². The number of carbonyl (C=O) groups is 3. The molecule has 0 saturated heterocycles. The molecule has 1 rings (SSSR count). The van der Waals surface area contributed by atoms with Crippen molar-refractivity contribution < 1.29 is 27.9 Å². The monoisotopic (exact) mass is 385 g/mol. The fraction of sp³-hybridized carbons (Fsp3) is 0.438. The second-order valence-electron chi connectivity index (χ2n) is 5.68. The van der Waals surface area contributed by atoms with Crippen molar-refractivity contribution in [1.29, 1.82) is 0 Å². The first-order valence-electron chi connectivity index (χ1n) is 7.82. The Balaban J connectivity index is 3.16. The zero-order chi connectivity index (χ0) is 20.1. The summed E-state index contributed by atoms with van der Waals surface area (Å²) in [6.07, 6.45) is 0. The van der Waals surface area contributed by atoms with E-state index in [2.05, 4.69) is 5.32 Å². The van der Waals surface area contributed by atoms with Gasteiger partial charge < -0.3 is 15.3 Å². The molecule has 0 aliphatic carbocycles. The minimum atomic E-state index is -4.11. The summed E-state index contributed by atoms with van der Waals surface area (Å²) < 4.78 is 26.5. The summed E-state index contributed by atoms with van der Waals surface area (Å²) in [6, 6.07) is 4.24. The molecule has 9 nitrogen and oxygen atoms in total. The Bertz CT molecular complexity index is 776. The van der Waals surface area contributed by atoms with Gasteiger partial charge in [0.25, 0.3) is 0 Å². The molecule has 0 saturated carbocycles. The Morgan fingerprint density at radius 2 is 1.69 bits per heavy atom. The first-order chi connectivity index (χ1) is 12.0. The average molecular weight is 385 g/mol. The molecular formula is C16H23N3O6S. The zero-order valence-electron chi connectivity index (χ0n) is 15.1. The van der Waals surface area contributed by atoms with Crippen LogP contribution in [0.15, 0.2) is 29.2 Å². The minimum Gasteiger partial charge on any atom is -0.480 e. The molecule has 1 unspecified atom stereocenters. The van der Waals surface area contributed by atoms with Crippen LogP contribution in [0.25, 0.3) is 0 Å². The number of hydrogen-bond acceptors (Lipinski definition) is 5. The summed E-state index contributed by atoms with van der Waals surface area (Å²) in [5.41, 5.74) is 0.507. The molecule has 1 atom stereocenters. The van der Waals surface area contributed by atoms with Gasteiger partial charge in [0.1, 0.15) is 6.04 Å². The van der Waals surface area contributed by atoms with Gasteiger partial charge in [0.2, 0.25) is 21.8 Å². The normalized spacial score (nSPS) is 12.5. The first kappa shape index (κ1) is 21.6. The lowest BCUT2D eigenvalue weighted by molar-refractivity contribution is -0.140. The molecule has 26 heavy (non-hydrogen) atoms. The van der Waals surface area contributed by atoms with E-state index in [1.54, 1.807) is 7.05 Å². The lowest BCUT2D eigenvalue weighted by atomic mass is 10.3. The molecule has 144 valence electrons. The number of rotatable bonds is 8. The molecule has 1 aromatic rings. The molecule has 0 aromatic heterocycles. The molecule has 1 aromatic carbocycles. The molecular weight excluding hydrogens is 362 g/mol. The van der Waals surface area contributed by atoms with Gasteiger partial charge in [-0.2, -0.15) is 4.31 Å². The summed E-state index contributed by atoms with van der Waals surface area (Å²) >= 11 is 0. The Morgan fingerprint density at radius 1 is 1.15 bits per heavy atom. The second-order valence-corrected chi connectivity index (χ2v) is 7.58. The first-order valence-corrected chi connectivity index (χ1v) is 9.26. The van der Waals surface area contributed by atoms with Crippen molar-refractivity contribution in [2.75, 3.05) is 25.0 Å². The smallest absolute Gasteiger partial charge is 0.321 e. The Kier molecular flexibility index (Phi) is 7.28. The van der Waals surface area contributed by atoms with Crippen molar-refractivity contribution >= 4 is 33.5 Å². The SMILES string of the molecule is CC(=O)NCCN(C(C)C(=O)O)S(=O)(=O)c1ccc(N(C)C(C)=O)cc1. The number of carbonyl (C=O) groups excluding carboxylic acids is 2. The predicted octanol–water partition coefficient (Wildman–Crippen LogP) is 0.269. The molecule has 0 radical (unpaired) electrons. The lowest BCUT2D eigenvalue weighted by Gasteiger charge is -2.26. The number of sulfonamides is 1. The number of benzene rings is 1. The van der Waals surface area contributed by atoms with Crippen LogP contribution in [0.2, 0.25) is 0 Å². The maximum Gasteiger partial charge on any atom is 0.321 e. The topological polar surface area (TPSA) is 124 Å². The van der Waals surface area contributed by atoms with Gasteiger partial charge in [-0.05, 0) is 31.2 Å². The standard InChI is InChI=1S/C16H23N3O6S/c1-11(16(22)23)19(10-9-17-12(2)20)26(24,25)15-7-5-14(6-8-15)18(4)13(3)21/h5-8,11H,9-10H2,1-4H3,(H,17,20)(H,22,23). The molecule has 2 N–H and O–H groups in total. The molecule has 2 amide bonds. The number of amides is 2. The third-order valence-electron chi connectivity index (χ3n) is 3.80. The molecule has 0 aliphatic rings. The third-order valence-corrected chi connectivity index (χ3v) is 5.78. The van der Waals surface area contributed by atoms with E-state index in [4.69, 9.17) is 0 Å². The van der Waals surface area contributed by atoms with Crippen molar-refractivity contribution in [1.82, 2.24) is 9.62 Å². The van der Waals surface area contributed by atoms with Crippen molar-refractivity contribution in [3.8, 4) is 0 Å². The molecule has 0 bridgehead atoms. The quantitative estimate of drug-likeness (QED) is 0.662. The molecule has 0 aliphatic heterocycles. The van der Waals surface area contributed by atoms with Crippen molar-refractivity contribution in [3.63, 3.8) is 0 Å². The van der Waals surface area contributed by atoms with Crippen molar-refractivity contribution in [3.05, 3.63) is 24.3 Å². The van der Waals surface area contributed by atoms with Gasteiger partial charge in [-0.1, -0.05) is 0 Å². The number of hydrogen-bond donors (Lipinski definition) is 2. The van der Waals surface area contributed by atoms with Crippen LogP contribution in [0.5, 0.6) is 0 Å². The van der Waals surface area contributed by atoms with Gasteiger partial charge in [0.05, 0.1) is 4.90 Å². The number of nitrogens with zero attached hydrogens (tertiary/aromatic N) is 2. The third kappa shape index (κ3) is 5.27. The van der Waals surface area contributed by atoms with Crippen LogP contribution >= 0.6 is 0 Å². The highest BCUT2D eigenvalue weighted by Crippen LogP contribution is 2.22. The average Bonchev–Trinajstić information content (AvgIpc) is 2.57. The Morgan fingerprint density at radius 3 is 2.12 bits per heavy atom. The molecule has 0 heterocycles. The van der Waals surface area contributed by atoms with Crippen LogP contribution in [0.4, 0.5) is 5.69 Å². The maximum atomic E-state index is 12.8. The molecule has 0 fully saturated rings. The number of nitrogens with one attached hydrogen (secondary N) is 1. The summed E-state index contributed by atoms with van der Waals surface area (Å²) in [5, 5.41) is 11.7. The van der Waals surface area contributed by atoms with Crippen LogP contribution in [0.3, 0.4) is 0 Å². The number of aliphatic carboxylic acids is 1. The minimum absolute atomic E-state index is 0.0165. The van der Waals surface area contributed by atoms with Gasteiger partial charge in [0.15, 0.2) is 0 Å². The summed E-state index contributed by atoms with van der Waals surface area (Å²) in [5.74, 6) is -1.86. The summed E-state index contributed by atoms with van der Waals surface area (Å²) in [4.78, 5) is 34.9. The van der Waals surface area contributed by atoms with Gasteiger partial charge in [-0.15, -0.1) is 0 Å². The van der Waals surface area contributed by atoms with E-state index < -0.39 is 22.0 Å². The highest BCUT2D eigenvalue weighted by molar-refractivity contribution is 7.89. The second kappa shape index (κ2) is 8.77. The van der Waals surface area contributed by atoms with Crippen LogP contribution in [0, 0.1) is 0 Å². The van der Waals surface area contributed by atoms with Gasteiger partial charge in [-0.25, -0.2) is 8.42 Å². The van der Waals surface area contributed by atoms with Gasteiger partial charge >= 0.3 is 5.97 Å². The largest absolute Gasteiger partial charge is 0.480 e. The van der Waals surface area contributed by atoms with E-state index in [1.807, 2.05) is 0 Å². The number of carboxylic acid groups (broad SMARTS) is 1. The summed E-state index contributed by atoms with van der Waals surface area (Å²) in [6.45, 7) is 3.71. The van der Waals surface area contributed by atoms with E-state index in [0.717, 1.165) is 4.31 Å². The van der Waals surface area contributed by atoms with E-state index >= 15 is 0 Å². The lowest BCUT2D eigenvalue weighted by Crippen LogP contribution is -2.46. The summed E-state index contributed by atoms with van der Waals surface area (Å²) in [7, 11) is -2.55. The van der Waals surface area contributed by atoms with Gasteiger partial charge in [-0.3, -0.25) is 14.4 Å². The van der Waals surface area contributed by atoms with E-state index in [0.29, 0.717) is 5.69 Å². The fourth-order valence-electron chi connectivity index (χ4n) is 2.15. The van der Waals surface area contributed by atoms with Crippen LogP contribution in [-0.4, -0.2) is 61.8 Å². The van der Waals surface area contributed by atoms with E-state index in [9.17, 15) is 27.9 Å². The van der Waals surface area contributed by atoms with Crippen molar-refractivity contribution in [2.24, 2.45) is 0 Å². The Labute approximate surface area is 152 Å². The van der Waals surface area contributed by atoms with Crippen LogP contribution < -0.4 is 10.2 Å². The number of anilines is 1. The Hall–Kier alpha value is -2.46.